The van der Waals surface area contributed by atoms with Gasteiger partial charge in [0.25, 0.3) is 0 Å². The highest BCUT2D eigenvalue weighted by atomic mass is 15.0. The molecule has 0 bridgehead atoms. The van der Waals surface area contributed by atoms with Crippen molar-refractivity contribution in [3.05, 3.63) is 0 Å². The van der Waals surface area contributed by atoms with E-state index in [0.717, 1.165) is 0 Å². The molecule has 0 radical (unpaired) electrons. The van der Waals surface area contributed by atoms with Gasteiger partial charge in [-0.15, -0.1) is 0 Å². The first-order valence-electron chi connectivity index (χ1n) is 8.22. The maximum absolute atomic E-state index is 3.76. The second kappa shape index (κ2) is 5.39. The van der Waals surface area contributed by atoms with Gasteiger partial charge in [-0.2, -0.15) is 0 Å². The Morgan fingerprint density at radius 3 is 1.79 bits per heavy atom. The van der Waals surface area contributed by atoms with Gasteiger partial charge in [0.15, 0.2) is 0 Å². The molecule has 1 saturated carbocycles. The quantitative estimate of drug-likeness (QED) is 0.621. The first-order chi connectivity index (χ1) is 8.52. The maximum Gasteiger partial charge on any atom is 0.00187 e. The van der Waals surface area contributed by atoms with Crippen LogP contribution in [0, 0.1) is 21.7 Å². The Kier molecular flexibility index (Phi) is 4.83. The normalized spacial score (nSPS) is 23.4. The SMILES string of the molecule is CCCCCNCC1(CC(C)(C)C)C(C)(C)C1(C)C. The Bertz CT molecular complexity index is 279. The molecule has 1 heteroatoms. The van der Waals surface area contributed by atoms with E-state index in [1.54, 1.807) is 0 Å². The molecule has 0 amide bonds. The second-order valence-corrected chi connectivity index (χ2v) is 8.95. The van der Waals surface area contributed by atoms with E-state index < -0.39 is 0 Å². The van der Waals surface area contributed by atoms with Gasteiger partial charge in [-0.1, -0.05) is 68.2 Å². The fourth-order valence-corrected chi connectivity index (χ4v) is 4.20. The van der Waals surface area contributed by atoms with Crippen molar-refractivity contribution in [3.63, 3.8) is 0 Å². The molecule has 0 heterocycles. The van der Waals surface area contributed by atoms with Crippen LogP contribution in [0.5, 0.6) is 0 Å². The van der Waals surface area contributed by atoms with Gasteiger partial charge in [-0.25, -0.2) is 0 Å². The van der Waals surface area contributed by atoms with Crippen LogP contribution in [0.1, 0.15) is 81.1 Å². The number of hydrogen-bond acceptors (Lipinski definition) is 1. The number of hydrogen-bond donors (Lipinski definition) is 1. The number of nitrogens with one attached hydrogen (secondary N) is 1. The van der Waals surface area contributed by atoms with E-state index in [9.17, 15) is 0 Å². The number of unbranched alkanes of at least 4 members (excludes halogenated alkanes) is 2. The predicted molar refractivity (Wildman–Crippen MR) is 86.5 cm³/mol. The summed E-state index contributed by atoms with van der Waals surface area (Å²) in [7, 11) is 0. The van der Waals surface area contributed by atoms with Gasteiger partial charge in [-0.05, 0) is 41.0 Å². The third-order valence-corrected chi connectivity index (χ3v) is 6.11. The van der Waals surface area contributed by atoms with Gasteiger partial charge >= 0.3 is 0 Å². The second-order valence-electron chi connectivity index (χ2n) is 8.95. The van der Waals surface area contributed by atoms with Crippen molar-refractivity contribution in [3.8, 4) is 0 Å². The molecule has 1 fully saturated rings. The van der Waals surface area contributed by atoms with Crippen molar-refractivity contribution in [2.45, 2.75) is 81.1 Å². The van der Waals surface area contributed by atoms with Crippen molar-refractivity contribution >= 4 is 0 Å². The van der Waals surface area contributed by atoms with Crippen molar-refractivity contribution in [1.82, 2.24) is 5.32 Å². The highest BCUT2D eigenvalue weighted by Gasteiger charge is 2.76. The Labute approximate surface area is 121 Å². The summed E-state index contributed by atoms with van der Waals surface area (Å²) in [6, 6.07) is 0. The van der Waals surface area contributed by atoms with Crippen molar-refractivity contribution < 1.29 is 0 Å². The maximum atomic E-state index is 3.76. The molecule has 0 atom stereocenters. The minimum atomic E-state index is 0.413. The molecule has 1 N–H and O–H groups in total. The Balaban J connectivity index is 2.64. The minimum Gasteiger partial charge on any atom is -0.316 e. The lowest BCUT2D eigenvalue weighted by molar-refractivity contribution is 0.211. The summed E-state index contributed by atoms with van der Waals surface area (Å²) in [6.07, 6.45) is 5.31. The standard InChI is InChI=1S/C18H37N/c1-9-10-11-12-19-14-18(13-15(2,3)4)16(5,6)17(18,7)8/h19H,9-14H2,1-8H3. The van der Waals surface area contributed by atoms with E-state index in [2.05, 4.69) is 60.7 Å². The van der Waals surface area contributed by atoms with Crippen molar-refractivity contribution in [2.75, 3.05) is 13.1 Å². The molecule has 0 aromatic rings. The molecule has 0 spiro atoms. The lowest BCUT2D eigenvalue weighted by atomic mass is 9.77. The van der Waals surface area contributed by atoms with E-state index in [0.29, 0.717) is 21.7 Å². The van der Waals surface area contributed by atoms with E-state index >= 15 is 0 Å². The van der Waals surface area contributed by atoms with Gasteiger partial charge < -0.3 is 5.32 Å². The zero-order valence-corrected chi connectivity index (χ0v) is 14.7. The van der Waals surface area contributed by atoms with Crippen LogP contribution in [0.25, 0.3) is 0 Å². The molecule has 1 nitrogen and oxygen atoms in total. The molecule has 0 aliphatic heterocycles. The third kappa shape index (κ3) is 3.01. The first-order valence-corrected chi connectivity index (χ1v) is 8.22. The molecule has 0 aromatic heterocycles. The fourth-order valence-electron chi connectivity index (χ4n) is 4.20. The molecular weight excluding hydrogens is 230 g/mol. The highest BCUT2D eigenvalue weighted by molar-refractivity contribution is 5.24. The van der Waals surface area contributed by atoms with Crippen LogP contribution in [0.3, 0.4) is 0 Å². The summed E-state index contributed by atoms with van der Waals surface area (Å²) in [4.78, 5) is 0. The van der Waals surface area contributed by atoms with Crippen LogP contribution < -0.4 is 5.32 Å². The molecule has 114 valence electrons. The molecule has 0 unspecified atom stereocenters. The Morgan fingerprint density at radius 2 is 1.42 bits per heavy atom. The molecule has 1 aliphatic carbocycles. The Morgan fingerprint density at radius 1 is 0.895 bits per heavy atom. The lowest BCUT2D eigenvalue weighted by Gasteiger charge is -2.30. The average molecular weight is 268 g/mol. The van der Waals surface area contributed by atoms with Crippen LogP contribution >= 0.6 is 0 Å². The predicted octanol–water partition coefficient (Wildman–Crippen LogP) is 5.25. The summed E-state index contributed by atoms with van der Waals surface area (Å²) in [5.41, 5.74) is 1.77. The zero-order chi connectivity index (χ0) is 14.9. The monoisotopic (exact) mass is 267 g/mol. The molecule has 0 aromatic carbocycles. The van der Waals surface area contributed by atoms with Gasteiger partial charge in [0.1, 0.15) is 0 Å². The van der Waals surface area contributed by atoms with Crippen LogP contribution in [-0.4, -0.2) is 13.1 Å². The molecule has 0 saturated heterocycles. The fraction of sp³-hybridized carbons (Fsp3) is 1.00. The molecule has 19 heavy (non-hydrogen) atoms. The van der Waals surface area contributed by atoms with E-state index in [-0.39, 0.29) is 0 Å². The summed E-state index contributed by atoms with van der Waals surface area (Å²) < 4.78 is 0. The molecule has 1 aliphatic rings. The van der Waals surface area contributed by atoms with E-state index in [1.165, 1.54) is 38.8 Å². The summed E-state index contributed by atoms with van der Waals surface area (Å²) in [5.74, 6) is 0. The first kappa shape index (κ1) is 17.0. The topological polar surface area (TPSA) is 12.0 Å². The minimum absolute atomic E-state index is 0.413. The highest BCUT2D eigenvalue weighted by Crippen LogP contribution is 2.80. The smallest absolute Gasteiger partial charge is 0.00187 e. The van der Waals surface area contributed by atoms with Gasteiger partial charge in [-0.3, -0.25) is 0 Å². The van der Waals surface area contributed by atoms with Crippen LogP contribution in [-0.2, 0) is 0 Å². The zero-order valence-electron chi connectivity index (χ0n) is 14.7. The van der Waals surface area contributed by atoms with Crippen LogP contribution in [0.4, 0.5) is 0 Å². The van der Waals surface area contributed by atoms with Crippen molar-refractivity contribution in [1.29, 1.82) is 0 Å². The summed E-state index contributed by atoms with van der Waals surface area (Å²) in [6.45, 7) is 21.7. The molecule has 1 rings (SSSR count). The summed E-state index contributed by atoms with van der Waals surface area (Å²) in [5, 5.41) is 3.76. The van der Waals surface area contributed by atoms with Crippen molar-refractivity contribution in [2.24, 2.45) is 21.7 Å². The van der Waals surface area contributed by atoms with Crippen LogP contribution in [0.2, 0.25) is 0 Å². The van der Waals surface area contributed by atoms with Gasteiger partial charge in [0, 0.05) is 6.54 Å². The largest absolute Gasteiger partial charge is 0.316 e. The van der Waals surface area contributed by atoms with E-state index in [4.69, 9.17) is 0 Å². The molecular formula is C18H37N. The Hall–Kier alpha value is -0.0400. The van der Waals surface area contributed by atoms with E-state index in [1.807, 2.05) is 0 Å². The third-order valence-electron chi connectivity index (χ3n) is 6.11. The van der Waals surface area contributed by atoms with Gasteiger partial charge in [0.05, 0.1) is 0 Å². The van der Waals surface area contributed by atoms with Gasteiger partial charge in [0.2, 0.25) is 0 Å². The average Bonchev–Trinajstić information content (AvgIpc) is 2.54. The van der Waals surface area contributed by atoms with Crippen LogP contribution in [0.15, 0.2) is 0 Å². The number of rotatable bonds is 7. The lowest BCUT2D eigenvalue weighted by Crippen LogP contribution is -2.32. The summed E-state index contributed by atoms with van der Waals surface area (Å²) >= 11 is 0.